The van der Waals surface area contributed by atoms with Gasteiger partial charge in [-0.05, 0) is 12.5 Å². The fourth-order valence-corrected chi connectivity index (χ4v) is 1.71. The Balaban J connectivity index is 2.83. The molecule has 1 N–H and O–H groups in total. The molecule has 0 fully saturated rings. The molecule has 1 aromatic carbocycles. The van der Waals surface area contributed by atoms with E-state index in [2.05, 4.69) is 0 Å². The van der Waals surface area contributed by atoms with Crippen LogP contribution >= 0.6 is 0 Å². The predicted octanol–water partition coefficient (Wildman–Crippen LogP) is 2.45. The Morgan fingerprint density at radius 1 is 1.33 bits per heavy atom. The third kappa shape index (κ3) is 1.61. The average molecular weight is 204 g/mol. The molecule has 0 aliphatic rings. The first kappa shape index (κ1) is 9.77. The number of fused-ring (bicyclic) bond motifs is 1. The Morgan fingerprint density at radius 2 is 2.07 bits per heavy atom. The van der Waals surface area contributed by atoms with Crippen LogP contribution in [0.1, 0.15) is 18.9 Å². The maximum Gasteiger partial charge on any atom is 0.379 e. The van der Waals surface area contributed by atoms with Crippen molar-refractivity contribution in [3.8, 4) is 5.75 Å². The SMILES string of the molecule is CCCc1c(O)c(=O)oc2ccccc12. The van der Waals surface area contributed by atoms with Gasteiger partial charge in [0.05, 0.1) is 0 Å². The largest absolute Gasteiger partial charge is 0.502 e. The summed E-state index contributed by atoms with van der Waals surface area (Å²) in [4.78, 5) is 11.3. The van der Waals surface area contributed by atoms with Crippen LogP contribution in [-0.4, -0.2) is 5.11 Å². The minimum Gasteiger partial charge on any atom is -0.502 e. The molecular formula is C12H12O3. The van der Waals surface area contributed by atoms with Crippen LogP contribution in [0.4, 0.5) is 0 Å². The number of benzene rings is 1. The van der Waals surface area contributed by atoms with E-state index in [1.807, 2.05) is 19.1 Å². The van der Waals surface area contributed by atoms with E-state index in [9.17, 15) is 9.90 Å². The van der Waals surface area contributed by atoms with Gasteiger partial charge in [-0.3, -0.25) is 0 Å². The summed E-state index contributed by atoms with van der Waals surface area (Å²) in [6.45, 7) is 2.00. The minimum atomic E-state index is -0.655. The molecule has 1 aromatic heterocycles. The maximum absolute atomic E-state index is 11.3. The number of hydrogen-bond acceptors (Lipinski definition) is 3. The number of hydrogen-bond donors (Lipinski definition) is 1. The quantitative estimate of drug-likeness (QED) is 0.764. The predicted molar refractivity (Wildman–Crippen MR) is 58.1 cm³/mol. The first-order valence-electron chi connectivity index (χ1n) is 4.97. The zero-order valence-corrected chi connectivity index (χ0v) is 8.49. The molecular weight excluding hydrogens is 192 g/mol. The molecule has 0 bridgehead atoms. The Morgan fingerprint density at radius 3 is 2.80 bits per heavy atom. The van der Waals surface area contributed by atoms with Crippen LogP contribution in [0.15, 0.2) is 33.5 Å². The molecule has 0 saturated heterocycles. The van der Waals surface area contributed by atoms with Gasteiger partial charge in [0.15, 0.2) is 0 Å². The molecule has 3 nitrogen and oxygen atoms in total. The van der Waals surface area contributed by atoms with Gasteiger partial charge >= 0.3 is 5.63 Å². The van der Waals surface area contributed by atoms with Crippen molar-refractivity contribution in [3.05, 3.63) is 40.2 Å². The Hall–Kier alpha value is -1.77. The zero-order chi connectivity index (χ0) is 10.8. The Labute approximate surface area is 87.0 Å². The van der Waals surface area contributed by atoms with Crippen molar-refractivity contribution < 1.29 is 9.52 Å². The van der Waals surface area contributed by atoms with Gasteiger partial charge < -0.3 is 9.52 Å². The monoisotopic (exact) mass is 204 g/mol. The Kier molecular flexibility index (Phi) is 2.46. The van der Waals surface area contributed by atoms with E-state index in [0.29, 0.717) is 17.6 Å². The third-order valence-electron chi connectivity index (χ3n) is 2.39. The number of para-hydroxylation sites is 1. The number of aryl methyl sites for hydroxylation is 1. The molecule has 2 rings (SSSR count). The second-order valence-corrected chi connectivity index (χ2v) is 3.46. The topological polar surface area (TPSA) is 50.4 Å². The van der Waals surface area contributed by atoms with Crippen LogP contribution in [0.3, 0.4) is 0 Å². The lowest BCUT2D eigenvalue weighted by atomic mass is 10.1. The smallest absolute Gasteiger partial charge is 0.379 e. The normalized spacial score (nSPS) is 10.7. The molecule has 0 aliphatic heterocycles. The number of rotatable bonds is 2. The standard InChI is InChI=1S/C12H12O3/c1-2-5-9-8-6-3-4-7-10(8)15-12(14)11(9)13/h3-4,6-7,13H,2,5H2,1H3. The molecule has 0 atom stereocenters. The summed E-state index contributed by atoms with van der Waals surface area (Å²) in [7, 11) is 0. The number of aromatic hydroxyl groups is 1. The summed E-state index contributed by atoms with van der Waals surface area (Å²) in [5, 5.41) is 10.4. The lowest BCUT2D eigenvalue weighted by Gasteiger charge is -2.05. The molecule has 0 amide bonds. The fraction of sp³-hybridized carbons (Fsp3) is 0.250. The van der Waals surface area contributed by atoms with Gasteiger partial charge in [0.25, 0.3) is 0 Å². The van der Waals surface area contributed by atoms with Gasteiger partial charge in [0, 0.05) is 10.9 Å². The summed E-state index contributed by atoms with van der Waals surface area (Å²) in [5.41, 5.74) is 0.560. The van der Waals surface area contributed by atoms with Gasteiger partial charge in [-0.1, -0.05) is 31.5 Å². The van der Waals surface area contributed by atoms with Crippen LogP contribution in [0, 0.1) is 0 Å². The van der Waals surface area contributed by atoms with Crippen molar-refractivity contribution in [2.24, 2.45) is 0 Å². The van der Waals surface area contributed by atoms with E-state index in [-0.39, 0.29) is 5.75 Å². The van der Waals surface area contributed by atoms with E-state index in [4.69, 9.17) is 4.42 Å². The summed E-state index contributed by atoms with van der Waals surface area (Å²) < 4.78 is 4.97. The van der Waals surface area contributed by atoms with Gasteiger partial charge in [-0.2, -0.15) is 0 Å². The molecule has 0 spiro atoms. The van der Waals surface area contributed by atoms with Gasteiger partial charge in [-0.15, -0.1) is 0 Å². The molecule has 0 unspecified atom stereocenters. The van der Waals surface area contributed by atoms with Crippen molar-refractivity contribution in [1.82, 2.24) is 0 Å². The highest BCUT2D eigenvalue weighted by Crippen LogP contribution is 2.24. The fourth-order valence-electron chi connectivity index (χ4n) is 1.71. The van der Waals surface area contributed by atoms with Crippen molar-refractivity contribution in [2.75, 3.05) is 0 Å². The van der Waals surface area contributed by atoms with Crippen molar-refractivity contribution >= 4 is 11.0 Å². The lowest BCUT2D eigenvalue weighted by molar-refractivity contribution is 0.421. The first-order valence-corrected chi connectivity index (χ1v) is 4.97. The molecule has 3 heteroatoms. The van der Waals surface area contributed by atoms with Crippen LogP contribution in [-0.2, 0) is 6.42 Å². The first-order chi connectivity index (χ1) is 7.24. The van der Waals surface area contributed by atoms with Gasteiger partial charge in [-0.25, -0.2) is 4.79 Å². The minimum absolute atomic E-state index is 0.254. The maximum atomic E-state index is 11.3. The average Bonchev–Trinajstić information content (AvgIpc) is 2.25. The summed E-state index contributed by atoms with van der Waals surface area (Å²) in [6, 6.07) is 7.25. The van der Waals surface area contributed by atoms with Crippen LogP contribution in [0.2, 0.25) is 0 Å². The van der Waals surface area contributed by atoms with Crippen molar-refractivity contribution in [3.63, 3.8) is 0 Å². The molecule has 78 valence electrons. The molecule has 1 heterocycles. The molecule has 2 aromatic rings. The molecule has 0 saturated carbocycles. The van der Waals surface area contributed by atoms with E-state index in [1.54, 1.807) is 12.1 Å². The molecule has 0 aliphatic carbocycles. The van der Waals surface area contributed by atoms with Crippen molar-refractivity contribution in [1.29, 1.82) is 0 Å². The highest BCUT2D eigenvalue weighted by molar-refractivity contribution is 5.81. The van der Waals surface area contributed by atoms with Crippen LogP contribution in [0.5, 0.6) is 5.75 Å². The Bertz CT molecular complexity index is 540. The van der Waals surface area contributed by atoms with Gasteiger partial charge in [0.2, 0.25) is 5.75 Å². The molecule has 15 heavy (non-hydrogen) atoms. The van der Waals surface area contributed by atoms with E-state index < -0.39 is 5.63 Å². The van der Waals surface area contributed by atoms with E-state index >= 15 is 0 Å². The zero-order valence-electron chi connectivity index (χ0n) is 8.49. The van der Waals surface area contributed by atoms with Gasteiger partial charge in [0.1, 0.15) is 5.58 Å². The van der Waals surface area contributed by atoms with Crippen LogP contribution in [0.25, 0.3) is 11.0 Å². The highest BCUT2D eigenvalue weighted by Gasteiger charge is 2.11. The highest BCUT2D eigenvalue weighted by atomic mass is 16.4. The van der Waals surface area contributed by atoms with E-state index in [0.717, 1.165) is 11.8 Å². The molecule has 0 radical (unpaired) electrons. The van der Waals surface area contributed by atoms with E-state index in [1.165, 1.54) is 0 Å². The second kappa shape index (κ2) is 3.77. The summed E-state index contributed by atoms with van der Waals surface area (Å²) in [5.74, 6) is -0.254. The third-order valence-corrected chi connectivity index (χ3v) is 2.39. The summed E-state index contributed by atoms with van der Waals surface area (Å²) >= 11 is 0. The van der Waals surface area contributed by atoms with Crippen molar-refractivity contribution in [2.45, 2.75) is 19.8 Å². The second-order valence-electron chi connectivity index (χ2n) is 3.46. The summed E-state index contributed by atoms with van der Waals surface area (Å²) in [6.07, 6.45) is 1.55. The van der Waals surface area contributed by atoms with Crippen LogP contribution < -0.4 is 5.63 Å². The lowest BCUT2D eigenvalue weighted by Crippen LogP contribution is -2.02.